The molecular formula is C18H33NO. The SMILES string of the molecule is CC.CCCC(CCC)C(N)c1cc(C)c(C)cc1O. The van der Waals surface area contributed by atoms with Gasteiger partial charge in [-0.1, -0.05) is 46.6 Å². The lowest BCUT2D eigenvalue weighted by molar-refractivity contribution is 0.357. The second-order valence-electron chi connectivity index (χ2n) is 5.36. The first-order valence-corrected chi connectivity index (χ1v) is 8.06. The molecule has 0 amide bonds. The van der Waals surface area contributed by atoms with Crippen LogP contribution >= 0.6 is 0 Å². The lowest BCUT2D eigenvalue weighted by Gasteiger charge is -2.25. The first kappa shape index (κ1) is 19.0. The van der Waals surface area contributed by atoms with Gasteiger partial charge in [-0.05, 0) is 49.8 Å². The maximum Gasteiger partial charge on any atom is 0.120 e. The molecule has 0 heterocycles. The van der Waals surface area contributed by atoms with Gasteiger partial charge in [0.05, 0.1) is 0 Å². The molecular weight excluding hydrogens is 246 g/mol. The molecule has 20 heavy (non-hydrogen) atoms. The highest BCUT2D eigenvalue weighted by Crippen LogP contribution is 2.34. The van der Waals surface area contributed by atoms with Gasteiger partial charge >= 0.3 is 0 Å². The summed E-state index contributed by atoms with van der Waals surface area (Å²) in [6.07, 6.45) is 4.54. The van der Waals surface area contributed by atoms with E-state index in [1.807, 2.05) is 32.9 Å². The van der Waals surface area contributed by atoms with Crippen molar-refractivity contribution in [1.29, 1.82) is 0 Å². The van der Waals surface area contributed by atoms with Gasteiger partial charge in [0, 0.05) is 11.6 Å². The monoisotopic (exact) mass is 279 g/mol. The van der Waals surface area contributed by atoms with E-state index in [1.165, 1.54) is 5.56 Å². The number of phenolic OH excluding ortho intramolecular Hbond substituents is 1. The Balaban J connectivity index is 0.00000172. The first-order chi connectivity index (χ1) is 9.51. The third-order valence-electron chi connectivity index (χ3n) is 3.83. The van der Waals surface area contributed by atoms with E-state index in [0.717, 1.165) is 36.8 Å². The third kappa shape index (κ3) is 5.16. The molecule has 3 N–H and O–H groups in total. The first-order valence-electron chi connectivity index (χ1n) is 8.06. The topological polar surface area (TPSA) is 46.2 Å². The lowest BCUT2D eigenvalue weighted by Crippen LogP contribution is -2.21. The number of nitrogens with two attached hydrogens (primary N) is 1. The normalized spacial score (nSPS) is 12.0. The van der Waals surface area contributed by atoms with Gasteiger partial charge in [-0.2, -0.15) is 0 Å². The number of aromatic hydroxyl groups is 1. The molecule has 0 spiro atoms. The Morgan fingerprint density at radius 2 is 1.45 bits per heavy atom. The van der Waals surface area contributed by atoms with E-state index in [9.17, 15) is 5.11 Å². The second-order valence-corrected chi connectivity index (χ2v) is 5.36. The molecule has 1 atom stereocenters. The Morgan fingerprint density at radius 1 is 1.00 bits per heavy atom. The highest BCUT2D eigenvalue weighted by molar-refractivity contribution is 5.42. The lowest BCUT2D eigenvalue weighted by atomic mass is 9.85. The van der Waals surface area contributed by atoms with Crippen molar-refractivity contribution in [3.8, 4) is 5.75 Å². The minimum absolute atomic E-state index is 0.0517. The summed E-state index contributed by atoms with van der Waals surface area (Å²) in [4.78, 5) is 0. The summed E-state index contributed by atoms with van der Waals surface area (Å²) in [5, 5.41) is 10.1. The summed E-state index contributed by atoms with van der Waals surface area (Å²) in [6, 6.07) is 3.83. The van der Waals surface area contributed by atoms with Gasteiger partial charge in [-0.3, -0.25) is 0 Å². The van der Waals surface area contributed by atoms with Crippen LogP contribution in [0.4, 0.5) is 0 Å². The quantitative estimate of drug-likeness (QED) is 0.747. The minimum atomic E-state index is -0.0517. The van der Waals surface area contributed by atoms with Gasteiger partial charge in [0.2, 0.25) is 0 Å². The van der Waals surface area contributed by atoms with Crippen LogP contribution in [0, 0.1) is 19.8 Å². The van der Waals surface area contributed by atoms with E-state index in [0.29, 0.717) is 11.7 Å². The predicted octanol–water partition coefficient (Wildman–Crippen LogP) is 5.25. The van der Waals surface area contributed by atoms with Crippen LogP contribution in [0.3, 0.4) is 0 Å². The fourth-order valence-electron chi connectivity index (χ4n) is 2.59. The largest absolute Gasteiger partial charge is 0.508 e. The van der Waals surface area contributed by atoms with Gasteiger partial charge in [0.25, 0.3) is 0 Å². The molecule has 1 aromatic rings. The van der Waals surface area contributed by atoms with Crippen molar-refractivity contribution in [2.75, 3.05) is 0 Å². The van der Waals surface area contributed by atoms with E-state index in [-0.39, 0.29) is 6.04 Å². The minimum Gasteiger partial charge on any atom is -0.508 e. The van der Waals surface area contributed by atoms with Crippen LogP contribution in [0.15, 0.2) is 12.1 Å². The van der Waals surface area contributed by atoms with Crippen molar-refractivity contribution < 1.29 is 5.11 Å². The van der Waals surface area contributed by atoms with Gasteiger partial charge in [0.15, 0.2) is 0 Å². The van der Waals surface area contributed by atoms with Crippen molar-refractivity contribution in [3.05, 3.63) is 28.8 Å². The van der Waals surface area contributed by atoms with Crippen molar-refractivity contribution >= 4 is 0 Å². The van der Waals surface area contributed by atoms with Gasteiger partial charge < -0.3 is 10.8 Å². The summed E-state index contributed by atoms with van der Waals surface area (Å²) < 4.78 is 0. The van der Waals surface area contributed by atoms with Gasteiger partial charge in [-0.15, -0.1) is 0 Å². The Bertz CT molecular complexity index is 381. The molecule has 0 aliphatic heterocycles. The summed E-state index contributed by atoms with van der Waals surface area (Å²) in [7, 11) is 0. The van der Waals surface area contributed by atoms with Crippen LogP contribution in [-0.4, -0.2) is 5.11 Å². The molecule has 0 fully saturated rings. The molecule has 0 aliphatic carbocycles. The van der Waals surface area contributed by atoms with Crippen molar-refractivity contribution in [3.63, 3.8) is 0 Å². The van der Waals surface area contributed by atoms with Crippen LogP contribution in [-0.2, 0) is 0 Å². The van der Waals surface area contributed by atoms with E-state index < -0.39 is 0 Å². The fourth-order valence-corrected chi connectivity index (χ4v) is 2.59. The van der Waals surface area contributed by atoms with E-state index in [4.69, 9.17) is 5.73 Å². The zero-order valence-corrected chi connectivity index (χ0v) is 14.2. The Labute approximate surface area is 125 Å². The maximum atomic E-state index is 10.1. The summed E-state index contributed by atoms with van der Waals surface area (Å²) in [5.41, 5.74) is 9.59. The predicted molar refractivity (Wildman–Crippen MR) is 89.2 cm³/mol. The van der Waals surface area contributed by atoms with Crippen LogP contribution in [0.5, 0.6) is 5.75 Å². The molecule has 116 valence electrons. The van der Waals surface area contributed by atoms with Crippen molar-refractivity contribution in [2.24, 2.45) is 11.7 Å². The van der Waals surface area contributed by atoms with Crippen LogP contribution in [0.1, 0.15) is 76.1 Å². The van der Waals surface area contributed by atoms with Gasteiger partial charge in [0.1, 0.15) is 5.75 Å². The molecule has 1 rings (SSSR count). The standard InChI is InChI=1S/C16H27NO.C2H6/c1-5-7-13(8-6-2)16(17)14-9-11(3)12(4)10-15(14)18;1-2/h9-10,13,16,18H,5-8,17H2,1-4H3;1-2H3. The maximum absolute atomic E-state index is 10.1. The van der Waals surface area contributed by atoms with E-state index in [1.54, 1.807) is 0 Å². The third-order valence-corrected chi connectivity index (χ3v) is 3.83. The summed E-state index contributed by atoms with van der Waals surface area (Å²) in [5.74, 6) is 0.816. The highest BCUT2D eigenvalue weighted by atomic mass is 16.3. The Kier molecular flexibility index (Phi) is 9.32. The van der Waals surface area contributed by atoms with Crippen LogP contribution < -0.4 is 5.73 Å². The molecule has 2 nitrogen and oxygen atoms in total. The Hall–Kier alpha value is -1.02. The van der Waals surface area contributed by atoms with Crippen LogP contribution in [0.2, 0.25) is 0 Å². The number of benzene rings is 1. The average Bonchev–Trinajstić information content (AvgIpc) is 2.44. The number of phenols is 1. The molecule has 0 bridgehead atoms. The molecule has 1 aromatic carbocycles. The molecule has 1 unspecified atom stereocenters. The smallest absolute Gasteiger partial charge is 0.120 e. The molecule has 0 aliphatic rings. The summed E-state index contributed by atoms with van der Waals surface area (Å²) in [6.45, 7) is 12.5. The highest BCUT2D eigenvalue weighted by Gasteiger charge is 2.21. The summed E-state index contributed by atoms with van der Waals surface area (Å²) >= 11 is 0. The second kappa shape index (κ2) is 9.82. The average molecular weight is 279 g/mol. The van der Waals surface area contributed by atoms with E-state index in [2.05, 4.69) is 20.8 Å². The van der Waals surface area contributed by atoms with Crippen LogP contribution in [0.25, 0.3) is 0 Å². The number of aryl methyl sites for hydroxylation is 2. The Morgan fingerprint density at radius 3 is 1.90 bits per heavy atom. The molecule has 2 heteroatoms. The number of rotatable bonds is 6. The molecule has 0 aromatic heterocycles. The zero-order chi connectivity index (χ0) is 15.7. The van der Waals surface area contributed by atoms with Gasteiger partial charge in [-0.25, -0.2) is 0 Å². The molecule has 0 saturated carbocycles. The number of hydrogen-bond donors (Lipinski definition) is 2. The fraction of sp³-hybridized carbons (Fsp3) is 0.667. The number of hydrogen-bond acceptors (Lipinski definition) is 2. The molecule has 0 saturated heterocycles. The van der Waals surface area contributed by atoms with E-state index >= 15 is 0 Å². The zero-order valence-electron chi connectivity index (χ0n) is 14.2. The van der Waals surface area contributed by atoms with Crippen molar-refractivity contribution in [2.45, 2.75) is 73.3 Å². The van der Waals surface area contributed by atoms with Crippen molar-refractivity contribution in [1.82, 2.24) is 0 Å². The molecule has 0 radical (unpaired) electrons.